The van der Waals surface area contributed by atoms with Crippen LogP contribution in [0, 0.1) is 0 Å². The molecule has 8 heteroatoms. The van der Waals surface area contributed by atoms with Crippen LogP contribution in [0.4, 0.5) is 5.69 Å². The first-order valence-corrected chi connectivity index (χ1v) is 8.83. The lowest BCUT2D eigenvalue weighted by molar-refractivity contribution is 0.0744. The molecule has 0 unspecified atom stereocenters. The molecule has 1 heterocycles. The van der Waals surface area contributed by atoms with Gasteiger partial charge in [0.25, 0.3) is 0 Å². The van der Waals surface area contributed by atoms with Gasteiger partial charge in [0, 0.05) is 30.2 Å². The monoisotopic (exact) mass is 339 g/mol. The fourth-order valence-electron chi connectivity index (χ4n) is 2.21. The van der Waals surface area contributed by atoms with Gasteiger partial charge in [-0.1, -0.05) is 0 Å². The second kappa shape index (κ2) is 6.41. The second-order valence-electron chi connectivity index (χ2n) is 4.92. The van der Waals surface area contributed by atoms with E-state index in [2.05, 4.69) is 9.08 Å². The molecule has 124 valence electrons. The number of nitrogens with zero attached hydrogens (tertiary/aromatic N) is 1. The maximum atomic E-state index is 11.9. The Balaban J connectivity index is 2.49. The molecule has 23 heavy (non-hydrogen) atoms. The molecule has 0 radical (unpaired) electrons. The molecule has 0 N–H and O–H groups in total. The van der Waals surface area contributed by atoms with Gasteiger partial charge in [-0.25, -0.2) is 9.59 Å². The number of benzene rings is 1. The fraction of sp³-hybridized carbons (Fsp3) is 0.333. The molecule has 0 bridgehead atoms. The average Bonchev–Trinajstić information content (AvgIpc) is 2.45. The van der Waals surface area contributed by atoms with Crippen molar-refractivity contribution in [2.24, 2.45) is 0 Å². The third-order valence-corrected chi connectivity index (χ3v) is 3.75. The van der Waals surface area contributed by atoms with Gasteiger partial charge in [-0.15, -0.1) is 0 Å². The van der Waals surface area contributed by atoms with Gasteiger partial charge in [0.15, 0.2) is 0 Å². The Kier molecular flexibility index (Phi) is 4.74. The highest BCUT2D eigenvalue weighted by atomic mass is 32.2. The van der Waals surface area contributed by atoms with Crippen LogP contribution in [0.25, 0.3) is 11.0 Å². The van der Waals surface area contributed by atoms with Crippen LogP contribution in [0.3, 0.4) is 0 Å². The third-order valence-electron chi connectivity index (χ3n) is 3.30. The van der Waals surface area contributed by atoms with E-state index in [1.165, 1.54) is 6.07 Å². The van der Waals surface area contributed by atoms with Crippen LogP contribution >= 0.6 is 0 Å². The smallest absolute Gasteiger partial charge is 0.361 e. The molecule has 7 nitrogen and oxygen atoms in total. The highest BCUT2D eigenvalue weighted by Gasteiger charge is 2.19. The SMILES string of the molecule is CCN(CC)c1ccc2cc(C(=O)OS(C)(=O)=O)c(=O)oc2c1. The lowest BCUT2D eigenvalue weighted by Gasteiger charge is -2.20. The quantitative estimate of drug-likeness (QED) is 0.605. The minimum atomic E-state index is -4.00. The molecule has 0 amide bonds. The number of anilines is 1. The van der Waals surface area contributed by atoms with E-state index in [4.69, 9.17) is 4.42 Å². The van der Waals surface area contributed by atoms with E-state index in [1.54, 1.807) is 12.1 Å². The summed E-state index contributed by atoms with van der Waals surface area (Å²) >= 11 is 0. The van der Waals surface area contributed by atoms with Gasteiger partial charge in [-0.2, -0.15) is 8.42 Å². The Labute approximate surface area is 133 Å². The summed E-state index contributed by atoms with van der Waals surface area (Å²) in [5, 5.41) is 0.501. The van der Waals surface area contributed by atoms with Crippen molar-refractivity contribution >= 4 is 32.7 Å². The number of rotatable bonds is 5. The van der Waals surface area contributed by atoms with Crippen LogP contribution in [-0.2, 0) is 14.3 Å². The van der Waals surface area contributed by atoms with E-state index in [9.17, 15) is 18.0 Å². The van der Waals surface area contributed by atoms with E-state index < -0.39 is 27.3 Å². The predicted octanol–water partition coefficient (Wildman–Crippen LogP) is 1.76. The molecular weight excluding hydrogens is 322 g/mol. The van der Waals surface area contributed by atoms with Crippen molar-refractivity contribution in [3.8, 4) is 0 Å². The van der Waals surface area contributed by atoms with Crippen molar-refractivity contribution in [2.45, 2.75) is 13.8 Å². The van der Waals surface area contributed by atoms with Crippen molar-refractivity contribution in [1.82, 2.24) is 0 Å². The second-order valence-corrected chi connectivity index (χ2v) is 6.49. The standard InChI is InChI=1S/C15H17NO6S/c1-4-16(5-2)11-7-6-10-8-12(14(17)21-13(10)9-11)15(18)22-23(3,19)20/h6-9H,4-5H2,1-3H3. The maximum absolute atomic E-state index is 11.9. The summed E-state index contributed by atoms with van der Waals surface area (Å²) in [6.07, 6.45) is 0.726. The molecule has 0 fully saturated rings. The maximum Gasteiger partial charge on any atom is 0.361 e. The van der Waals surface area contributed by atoms with E-state index in [1.807, 2.05) is 19.9 Å². The minimum Gasteiger partial charge on any atom is -0.422 e. The first-order chi connectivity index (χ1) is 10.7. The lowest BCUT2D eigenvalue weighted by atomic mass is 10.1. The van der Waals surface area contributed by atoms with Gasteiger partial charge in [0.1, 0.15) is 11.1 Å². The summed E-state index contributed by atoms with van der Waals surface area (Å²) in [6.45, 7) is 5.61. The van der Waals surface area contributed by atoms with E-state index in [-0.39, 0.29) is 0 Å². The molecular formula is C15H17NO6S. The van der Waals surface area contributed by atoms with Crippen LogP contribution in [0.15, 0.2) is 33.5 Å². The fourth-order valence-corrected chi connectivity index (χ4v) is 2.57. The molecule has 0 spiro atoms. The van der Waals surface area contributed by atoms with Crippen molar-refractivity contribution < 1.29 is 21.8 Å². The molecule has 0 atom stereocenters. The Morgan fingerprint density at radius 1 is 1.22 bits per heavy atom. The van der Waals surface area contributed by atoms with E-state index in [0.29, 0.717) is 11.0 Å². The zero-order valence-corrected chi connectivity index (χ0v) is 13.8. The van der Waals surface area contributed by atoms with Crippen LogP contribution in [0.5, 0.6) is 0 Å². The molecule has 2 aromatic rings. The Morgan fingerprint density at radius 2 is 1.87 bits per heavy atom. The van der Waals surface area contributed by atoms with Crippen LogP contribution in [-0.4, -0.2) is 33.7 Å². The van der Waals surface area contributed by atoms with Crippen molar-refractivity contribution in [3.05, 3.63) is 40.2 Å². The number of fused-ring (bicyclic) bond motifs is 1. The summed E-state index contributed by atoms with van der Waals surface area (Å²) in [5.41, 5.74) is -0.200. The summed E-state index contributed by atoms with van der Waals surface area (Å²) in [4.78, 5) is 25.7. The van der Waals surface area contributed by atoms with Crippen LogP contribution < -0.4 is 10.5 Å². The van der Waals surface area contributed by atoms with Crippen LogP contribution in [0.2, 0.25) is 0 Å². The summed E-state index contributed by atoms with van der Waals surface area (Å²) in [7, 11) is -4.00. The van der Waals surface area contributed by atoms with Crippen molar-refractivity contribution in [3.63, 3.8) is 0 Å². The zero-order valence-electron chi connectivity index (χ0n) is 13.0. The minimum absolute atomic E-state index is 0.315. The Hall–Kier alpha value is -2.35. The molecule has 0 aliphatic rings. The predicted molar refractivity (Wildman–Crippen MR) is 86.3 cm³/mol. The van der Waals surface area contributed by atoms with Gasteiger partial charge < -0.3 is 13.5 Å². The lowest BCUT2D eigenvalue weighted by Crippen LogP contribution is -2.22. The number of carbonyl (C=O) groups excluding carboxylic acids is 1. The number of hydrogen-bond donors (Lipinski definition) is 0. The number of carbonyl (C=O) groups is 1. The van der Waals surface area contributed by atoms with Gasteiger partial charge >= 0.3 is 21.7 Å². The van der Waals surface area contributed by atoms with Gasteiger partial charge in [-0.3, -0.25) is 0 Å². The van der Waals surface area contributed by atoms with Gasteiger partial charge in [0.05, 0.1) is 6.26 Å². The highest BCUT2D eigenvalue weighted by molar-refractivity contribution is 7.86. The van der Waals surface area contributed by atoms with Crippen LogP contribution in [0.1, 0.15) is 24.2 Å². The normalized spacial score (nSPS) is 11.4. The Morgan fingerprint density at radius 3 is 2.43 bits per heavy atom. The molecule has 0 saturated heterocycles. The molecule has 0 aliphatic carbocycles. The van der Waals surface area contributed by atoms with Gasteiger partial charge in [-0.05, 0) is 32.0 Å². The summed E-state index contributed by atoms with van der Waals surface area (Å²) in [6, 6.07) is 6.50. The first-order valence-electron chi connectivity index (χ1n) is 7.01. The molecule has 0 aliphatic heterocycles. The average molecular weight is 339 g/mol. The Bertz CT molecular complexity index is 896. The summed E-state index contributed by atoms with van der Waals surface area (Å²) in [5.74, 6) is -1.25. The zero-order chi connectivity index (χ0) is 17.2. The number of hydrogen-bond acceptors (Lipinski definition) is 7. The molecule has 1 aromatic carbocycles. The molecule has 2 rings (SSSR count). The summed E-state index contributed by atoms with van der Waals surface area (Å²) < 4.78 is 31.3. The van der Waals surface area contributed by atoms with Crippen molar-refractivity contribution in [1.29, 1.82) is 0 Å². The third kappa shape index (κ3) is 3.89. The topological polar surface area (TPSA) is 93.9 Å². The first kappa shape index (κ1) is 17.0. The molecule has 0 saturated carbocycles. The highest BCUT2D eigenvalue weighted by Crippen LogP contribution is 2.22. The van der Waals surface area contributed by atoms with E-state index >= 15 is 0 Å². The largest absolute Gasteiger partial charge is 0.422 e. The van der Waals surface area contributed by atoms with Crippen molar-refractivity contribution in [2.75, 3.05) is 24.2 Å². The van der Waals surface area contributed by atoms with Gasteiger partial charge in [0.2, 0.25) is 0 Å². The molecule has 1 aromatic heterocycles. The van der Waals surface area contributed by atoms with E-state index in [0.717, 1.165) is 25.0 Å².